The van der Waals surface area contributed by atoms with Gasteiger partial charge in [-0.2, -0.15) is 9.36 Å². The molecular weight excluding hydrogens is 206 g/mol. The molecule has 1 fully saturated rings. The molecule has 0 aliphatic heterocycles. The molecule has 1 N–H and O–H groups in total. The Kier molecular flexibility index (Phi) is 3.01. The Balaban J connectivity index is 1.78. The summed E-state index contributed by atoms with van der Waals surface area (Å²) in [7, 11) is 0. The quantitative estimate of drug-likeness (QED) is 0.846. The largest absolute Gasteiger partial charge is 0.360 e. The second-order valence-corrected chi connectivity index (χ2v) is 4.49. The molecule has 1 aromatic rings. The Hall–Kier alpha value is -0.350. The lowest BCUT2D eigenvalue weighted by molar-refractivity contribution is 0.579. The van der Waals surface area contributed by atoms with E-state index in [0.717, 1.165) is 17.6 Å². The van der Waals surface area contributed by atoms with E-state index in [0.29, 0.717) is 5.28 Å². The highest BCUT2D eigenvalue weighted by Gasteiger charge is 2.14. The Bertz CT molecular complexity index is 270. The molecule has 0 amide bonds. The number of halogens is 1. The first-order valence-electron chi connectivity index (χ1n) is 4.57. The van der Waals surface area contributed by atoms with E-state index in [-0.39, 0.29) is 0 Å². The van der Waals surface area contributed by atoms with Gasteiger partial charge in [0.2, 0.25) is 10.4 Å². The smallest absolute Gasteiger partial charge is 0.236 e. The van der Waals surface area contributed by atoms with Crippen LogP contribution in [-0.2, 0) is 0 Å². The number of nitrogens with zero attached hydrogens (tertiary/aromatic N) is 2. The van der Waals surface area contributed by atoms with Crippen LogP contribution in [0.2, 0.25) is 5.28 Å². The van der Waals surface area contributed by atoms with Crippen LogP contribution in [0.15, 0.2) is 0 Å². The zero-order chi connectivity index (χ0) is 9.10. The number of rotatable bonds is 3. The lowest BCUT2D eigenvalue weighted by atomic mass is 10.1. The predicted octanol–water partition coefficient (Wildman–Crippen LogP) is 2.79. The van der Waals surface area contributed by atoms with E-state index >= 15 is 0 Å². The predicted molar refractivity (Wildman–Crippen MR) is 55.4 cm³/mol. The van der Waals surface area contributed by atoms with Crippen molar-refractivity contribution in [1.29, 1.82) is 0 Å². The normalized spacial score (nSPS) is 17.9. The molecule has 0 saturated heterocycles. The molecule has 72 valence electrons. The van der Waals surface area contributed by atoms with Gasteiger partial charge in [0, 0.05) is 18.1 Å². The molecule has 5 heteroatoms. The van der Waals surface area contributed by atoms with Gasteiger partial charge >= 0.3 is 0 Å². The molecule has 2 rings (SSSR count). The molecule has 0 spiro atoms. The van der Waals surface area contributed by atoms with Crippen molar-refractivity contribution in [2.45, 2.75) is 25.7 Å². The van der Waals surface area contributed by atoms with Gasteiger partial charge in [-0.15, -0.1) is 0 Å². The average Bonchev–Trinajstić information content (AvgIpc) is 2.71. The van der Waals surface area contributed by atoms with Crippen LogP contribution < -0.4 is 5.32 Å². The monoisotopic (exact) mass is 217 g/mol. The van der Waals surface area contributed by atoms with Crippen molar-refractivity contribution in [2.24, 2.45) is 5.92 Å². The maximum absolute atomic E-state index is 5.60. The molecule has 1 aromatic heterocycles. The first-order chi connectivity index (χ1) is 6.34. The van der Waals surface area contributed by atoms with Gasteiger partial charge in [-0.1, -0.05) is 12.8 Å². The van der Waals surface area contributed by atoms with Crippen LogP contribution in [0.1, 0.15) is 25.7 Å². The summed E-state index contributed by atoms with van der Waals surface area (Å²) in [5, 5.41) is 4.46. The van der Waals surface area contributed by atoms with Gasteiger partial charge in [-0.05, 0) is 30.4 Å². The van der Waals surface area contributed by atoms with E-state index in [4.69, 9.17) is 11.6 Å². The SMILES string of the molecule is Clc1nsc(NCC2CCCC2)n1. The number of hydrogen-bond acceptors (Lipinski definition) is 4. The number of nitrogens with one attached hydrogen (secondary N) is 1. The molecule has 13 heavy (non-hydrogen) atoms. The van der Waals surface area contributed by atoms with Crippen LogP contribution in [-0.4, -0.2) is 15.9 Å². The number of anilines is 1. The van der Waals surface area contributed by atoms with E-state index < -0.39 is 0 Å². The van der Waals surface area contributed by atoms with Gasteiger partial charge in [0.15, 0.2) is 0 Å². The average molecular weight is 218 g/mol. The molecular formula is C8H12ClN3S. The van der Waals surface area contributed by atoms with Crippen LogP contribution in [0.4, 0.5) is 5.13 Å². The summed E-state index contributed by atoms with van der Waals surface area (Å²) < 4.78 is 3.90. The van der Waals surface area contributed by atoms with Gasteiger partial charge in [0.25, 0.3) is 0 Å². The van der Waals surface area contributed by atoms with Crippen molar-refractivity contribution in [2.75, 3.05) is 11.9 Å². The van der Waals surface area contributed by atoms with E-state index in [1.54, 1.807) is 0 Å². The molecule has 1 aliphatic rings. The van der Waals surface area contributed by atoms with Crippen molar-refractivity contribution in [3.8, 4) is 0 Å². The summed E-state index contributed by atoms with van der Waals surface area (Å²) in [5.74, 6) is 0.822. The number of aromatic nitrogens is 2. The van der Waals surface area contributed by atoms with Crippen LogP contribution in [0.5, 0.6) is 0 Å². The second-order valence-electron chi connectivity index (χ2n) is 3.40. The third-order valence-corrected chi connectivity index (χ3v) is 3.36. The summed E-state index contributed by atoms with van der Waals surface area (Å²) in [5.41, 5.74) is 0. The van der Waals surface area contributed by atoms with Crippen molar-refractivity contribution >= 4 is 28.3 Å². The summed E-state index contributed by atoms with van der Waals surface area (Å²) in [6.45, 7) is 1.02. The van der Waals surface area contributed by atoms with Gasteiger partial charge in [-0.3, -0.25) is 0 Å². The van der Waals surface area contributed by atoms with Gasteiger partial charge < -0.3 is 5.32 Å². The van der Waals surface area contributed by atoms with Crippen LogP contribution >= 0.6 is 23.1 Å². The minimum absolute atomic E-state index is 0.346. The topological polar surface area (TPSA) is 37.8 Å². The van der Waals surface area contributed by atoms with Crippen molar-refractivity contribution in [3.63, 3.8) is 0 Å². The lowest BCUT2D eigenvalue weighted by Crippen LogP contribution is -2.10. The lowest BCUT2D eigenvalue weighted by Gasteiger charge is -2.07. The zero-order valence-corrected chi connectivity index (χ0v) is 8.87. The molecule has 0 radical (unpaired) electrons. The van der Waals surface area contributed by atoms with Crippen LogP contribution in [0.3, 0.4) is 0 Å². The van der Waals surface area contributed by atoms with Gasteiger partial charge in [0.1, 0.15) is 0 Å². The highest BCUT2D eigenvalue weighted by molar-refractivity contribution is 7.09. The fraction of sp³-hybridized carbons (Fsp3) is 0.750. The van der Waals surface area contributed by atoms with Crippen LogP contribution in [0.25, 0.3) is 0 Å². The Morgan fingerprint density at radius 1 is 1.46 bits per heavy atom. The Morgan fingerprint density at radius 3 is 2.85 bits per heavy atom. The van der Waals surface area contributed by atoms with Gasteiger partial charge in [0.05, 0.1) is 0 Å². The summed E-state index contributed by atoms with van der Waals surface area (Å²) in [6.07, 6.45) is 5.45. The highest BCUT2D eigenvalue weighted by Crippen LogP contribution is 2.25. The highest BCUT2D eigenvalue weighted by atomic mass is 35.5. The third kappa shape index (κ3) is 2.54. The molecule has 1 aliphatic carbocycles. The van der Waals surface area contributed by atoms with Crippen molar-refractivity contribution < 1.29 is 0 Å². The standard InChI is InChI=1S/C8H12ClN3S/c9-7-11-8(13-12-7)10-5-6-3-1-2-4-6/h6H,1-5H2,(H,10,11,12). The molecule has 1 heterocycles. The minimum Gasteiger partial charge on any atom is -0.360 e. The van der Waals surface area contributed by atoms with Crippen LogP contribution in [0, 0.1) is 5.92 Å². The summed E-state index contributed by atoms with van der Waals surface area (Å²) in [4.78, 5) is 4.03. The molecule has 1 saturated carbocycles. The van der Waals surface area contributed by atoms with E-state index in [1.165, 1.54) is 37.2 Å². The summed E-state index contributed by atoms with van der Waals surface area (Å²) >= 11 is 6.93. The molecule has 0 aromatic carbocycles. The molecule has 0 atom stereocenters. The van der Waals surface area contributed by atoms with Gasteiger partial charge in [-0.25, -0.2) is 0 Å². The van der Waals surface area contributed by atoms with Crippen molar-refractivity contribution in [3.05, 3.63) is 5.28 Å². The fourth-order valence-electron chi connectivity index (χ4n) is 1.72. The first-order valence-corrected chi connectivity index (χ1v) is 5.73. The third-order valence-electron chi connectivity index (χ3n) is 2.42. The fourth-order valence-corrected chi connectivity index (χ4v) is 2.44. The van der Waals surface area contributed by atoms with E-state index in [2.05, 4.69) is 14.7 Å². The Labute approximate surface area is 86.7 Å². The molecule has 0 bridgehead atoms. The minimum atomic E-state index is 0.346. The number of hydrogen-bond donors (Lipinski definition) is 1. The Morgan fingerprint density at radius 2 is 2.23 bits per heavy atom. The van der Waals surface area contributed by atoms with E-state index in [9.17, 15) is 0 Å². The van der Waals surface area contributed by atoms with Crippen molar-refractivity contribution in [1.82, 2.24) is 9.36 Å². The first kappa shape index (κ1) is 9.21. The van der Waals surface area contributed by atoms with E-state index in [1.807, 2.05) is 0 Å². The molecule has 0 unspecified atom stereocenters. The summed E-state index contributed by atoms with van der Waals surface area (Å²) in [6, 6.07) is 0. The molecule has 3 nitrogen and oxygen atoms in total. The second kappa shape index (κ2) is 4.24. The maximum Gasteiger partial charge on any atom is 0.236 e. The maximum atomic E-state index is 5.60. The zero-order valence-electron chi connectivity index (χ0n) is 7.29.